The zero-order chi connectivity index (χ0) is 13.9. The van der Waals surface area contributed by atoms with Crippen LogP contribution in [0.5, 0.6) is 0 Å². The average molecular weight is 318 g/mol. The highest BCUT2D eigenvalue weighted by Gasteiger charge is 2.28. The van der Waals surface area contributed by atoms with Crippen LogP contribution < -0.4 is 11.1 Å². The Morgan fingerprint density at radius 2 is 2.10 bits per heavy atom. The van der Waals surface area contributed by atoms with Crippen molar-refractivity contribution in [2.24, 2.45) is 5.73 Å². The average Bonchev–Trinajstić information content (AvgIpc) is 2.58. The normalized spacial score (nSPS) is 17.4. The Hall–Kier alpha value is -0.650. The first-order chi connectivity index (χ1) is 9.03. The summed E-state index contributed by atoms with van der Waals surface area (Å²) < 4.78 is 0. The summed E-state index contributed by atoms with van der Waals surface area (Å²) in [4.78, 5) is 18.0. The van der Waals surface area contributed by atoms with Gasteiger partial charge in [0.15, 0.2) is 5.13 Å². The molecule has 20 heavy (non-hydrogen) atoms. The standard InChI is InChI=1S/C14H23N3OS.ClH/c1-3-9-14(2,15)12(18)17-13-16-10-7-5-4-6-8-11(10)19-13;/h3-9,15H2,1-2H3,(H,16,17,18);1H. The topological polar surface area (TPSA) is 68.0 Å². The summed E-state index contributed by atoms with van der Waals surface area (Å²) in [7, 11) is 0. The third kappa shape index (κ3) is 4.17. The molecule has 1 unspecified atom stereocenters. The molecule has 1 heterocycles. The number of thiazole rings is 1. The second kappa shape index (κ2) is 7.38. The lowest BCUT2D eigenvalue weighted by Gasteiger charge is -2.21. The van der Waals surface area contributed by atoms with Gasteiger partial charge >= 0.3 is 0 Å². The van der Waals surface area contributed by atoms with Crippen molar-refractivity contribution < 1.29 is 4.79 Å². The second-order valence-corrected chi connectivity index (χ2v) is 6.65. The van der Waals surface area contributed by atoms with E-state index in [0.29, 0.717) is 11.6 Å². The van der Waals surface area contributed by atoms with Crippen molar-refractivity contribution in [1.29, 1.82) is 0 Å². The summed E-state index contributed by atoms with van der Waals surface area (Å²) in [6.45, 7) is 3.81. The van der Waals surface area contributed by atoms with Gasteiger partial charge in [0.25, 0.3) is 0 Å². The molecule has 0 saturated carbocycles. The first-order valence-corrected chi connectivity index (χ1v) is 7.93. The van der Waals surface area contributed by atoms with Crippen LogP contribution in [0.4, 0.5) is 5.13 Å². The molecule has 114 valence electrons. The maximum atomic E-state index is 12.1. The first kappa shape index (κ1) is 17.4. The molecule has 1 aliphatic rings. The molecule has 0 aromatic carbocycles. The van der Waals surface area contributed by atoms with Crippen molar-refractivity contribution in [3.05, 3.63) is 10.6 Å². The van der Waals surface area contributed by atoms with Crippen LogP contribution in [0, 0.1) is 0 Å². The number of anilines is 1. The number of nitrogens with one attached hydrogen (secondary N) is 1. The van der Waals surface area contributed by atoms with Crippen LogP contribution >= 0.6 is 23.7 Å². The van der Waals surface area contributed by atoms with E-state index in [9.17, 15) is 4.79 Å². The van der Waals surface area contributed by atoms with Crippen molar-refractivity contribution in [1.82, 2.24) is 4.98 Å². The van der Waals surface area contributed by atoms with E-state index in [-0.39, 0.29) is 18.3 Å². The van der Waals surface area contributed by atoms with Gasteiger partial charge in [-0.1, -0.05) is 19.8 Å². The number of aryl methyl sites for hydroxylation is 2. The molecule has 1 aromatic heterocycles. The maximum absolute atomic E-state index is 12.1. The summed E-state index contributed by atoms with van der Waals surface area (Å²) in [5.41, 5.74) is 6.40. The fraction of sp³-hybridized carbons (Fsp3) is 0.714. The lowest BCUT2D eigenvalue weighted by molar-refractivity contribution is -0.120. The van der Waals surface area contributed by atoms with Crippen molar-refractivity contribution in [2.45, 2.75) is 64.3 Å². The predicted octanol–water partition coefficient (Wildman–Crippen LogP) is 3.29. The van der Waals surface area contributed by atoms with Crippen molar-refractivity contribution in [3.63, 3.8) is 0 Å². The van der Waals surface area contributed by atoms with Gasteiger partial charge in [0.1, 0.15) is 0 Å². The van der Waals surface area contributed by atoms with E-state index in [2.05, 4.69) is 10.3 Å². The second-order valence-electron chi connectivity index (χ2n) is 5.57. The Morgan fingerprint density at radius 1 is 1.40 bits per heavy atom. The van der Waals surface area contributed by atoms with Crippen LogP contribution in [0.1, 0.15) is 56.5 Å². The molecule has 1 aromatic rings. The van der Waals surface area contributed by atoms with Gasteiger partial charge in [-0.15, -0.1) is 23.7 Å². The Morgan fingerprint density at radius 3 is 2.80 bits per heavy atom. The Kier molecular flexibility index (Phi) is 6.43. The molecule has 0 bridgehead atoms. The molecule has 1 aliphatic carbocycles. The molecular formula is C14H24ClN3OS. The van der Waals surface area contributed by atoms with Crippen LogP contribution in [0.15, 0.2) is 0 Å². The van der Waals surface area contributed by atoms with E-state index in [1.165, 1.54) is 29.8 Å². The fourth-order valence-electron chi connectivity index (χ4n) is 2.46. The van der Waals surface area contributed by atoms with Crippen molar-refractivity contribution >= 4 is 34.8 Å². The molecule has 0 radical (unpaired) electrons. The zero-order valence-electron chi connectivity index (χ0n) is 12.2. The number of carbonyl (C=O) groups excluding carboxylic acids is 1. The maximum Gasteiger partial charge on any atom is 0.245 e. The summed E-state index contributed by atoms with van der Waals surface area (Å²) in [6.07, 6.45) is 7.43. The molecule has 0 spiro atoms. The third-order valence-corrected chi connectivity index (χ3v) is 4.68. The first-order valence-electron chi connectivity index (χ1n) is 7.12. The lowest BCUT2D eigenvalue weighted by atomic mass is 9.97. The Labute approximate surface area is 131 Å². The monoisotopic (exact) mass is 317 g/mol. The van der Waals surface area contributed by atoms with Crippen LogP contribution in [0.3, 0.4) is 0 Å². The number of nitrogens with two attached hydrogens (primary N) is 1. The van der Waals surface area contributed by atoms with Gasteiger partial charge in [0.05, 0.1) is 11.2 Å². The van der Waals surface area contributed by atoms with Gasteiger partial charge in [-0.05, 0) is 39.0 Å². The summed E-state index contributed by atoms with van der Waals surface area (Å²) >= 11 is 1.61. The largest absolute Gasteiger partial charge is 0.318 e. The predicted molar refractivity (Wildman–Crippen MR) is 86.8 cm³/mol. The molecule has 2 rings (SSSR count). The number of hydrogen-bond donors (Lipinski definition) is 2. The number of nitrogens with zero attached hydrogens (tertiary/aromatic N) is 1. The number of aromatic nitrogens is 1. The molecule has 1 amide bonds. The number of carbonyl (C=O) groups is 1. The third-order valence-electron chi connectivity index (χ3n) is 3.60. The van der Waals surface area contributed by atoms with E-state index < -0.39 is 5.54 Å². The fourth-order valence-corrected chi connectivity index (χ4v) is 3.50. The Bertz CT molecular complexity index is 436. The smallest absolute Gasteiger partial charge is 0.245 e. The molecule has 0 fully saturated rings. The van der Waals surface area contributed by atoms with Crippen LogP contribution in [0.25, 0.3) is 0 Å². The molecule has 3 N–H and O–H groups in total. The highest BCUT2D eigenvalue weighted by molar-refractivity contribution is 7.15. The number of fused-ring (bicyclic) bond motifs is 1. The van der Waals surface area contributed by atoms with Crippen LogP contribution in [-0.2, 0) is 17.6 Å². The zero-order valence-corrected chi connectivity index (χ0v) is 13.8. The SMILES string of the molecule is CCCC(C)(N)C(=O)Nc1nc2c(s1)CCCCC2.Cl. The summed E-state index contributed by atoms with van der Waals surface area (Å²) in [5, 5.41) is 3.60. The number of hydrogen-bond acceptors (Lipinski definition) is 4. The quantitative estimate of drug-likeness (QED) is 0.837. The van der Waals surface area contributed by atoms with Gasteiger partial charge in [0, 0.05) is 4.88 Å². The van der Waals surface area contributed by atoms with Gasteiger partial charge < -0.3 is 11.1 Å². The number of rotatable bonds is 4. The lowest BCUT2D eigenvalue weighted by Crippen LogP contribution is -2.48. The molecule has 1 atom stereocenters. The van der Waals surface area contributed by atoms with Gasteiger partial charge in [-0.2, -0.15) is 0 Å². The molecule has 0 saturated heterocycles. The van der Waals surface area contributed by atoms with Gasteiger partial charge in [-0.25, -0.2) is 4.98 Å². The van der Waals surface area contributed by atoms with E-state index in [1.54, 1.807) is 18.3 Å². The molecule has 0 aliphatic heterocycles. The van der Waals surface area contributed by atoms with Crippen LogP contribution in [-0.4, -0.2) is 16.4 Å². The minimum Gasteiger partial charge on any atom is -0.318 e. The summed E-state index contributed by atoms with van der Waals surface area (Å²) in [6, 6.07) is 0. The van der Waals surface area contributed by atoms with Crippen molar-refractivity contribution in [3.8, 4) is 0 Å². The molecule has 4 nitrogen and oxygen atoms in total. The van der Waals surface area contributed by atoms with E-state index in [1.807, 2.05) is 6.92 Å². The Balaban J connectivity index is 0.00000200. The minimum atomic E-state index is -0.808. The van der Waals surface area contributed by atoms with Gasteiger partial charge in [-0.3, -0.25) is 4.79 Å². The minimum absolute atomic E-state index is 0. The molecule has 6 heteroatoms. The van der Waals surface area contributed by atoms with Crippen LogP contribution in [0.2, 0.25) is 0 Å². The van der Waals surface area contributed by atoms with E-state index in [4.69, 9.17) is 5.73 Å². The summed E-state index contributed by atoms with van der Waals surface area (Å²) in [5.74, 6) is -0.127. The number of amides is 1. The van der Waals surface area contributed by atoms with Crippen molar-refractivity contribution in [2.75, 3.05) is 5.32 Å². The van der Waals surface area contributed by atoms with Gasteiger partial charge in [0.2, 0.25) is 5.91 Å². The highest BCUT2D eigenvalue weighted by Crippen LogP contribution is 2.29. The van der Waals surface area contributed by atoms with E-state index >= 15 is 0 Å². The number of halogens is 1. The highest BCUT2D eigenvalue weighted by atomic mass is 35.5. The molecular weight excluding hydrogens is 294 g/mol. The van der Waals surface area contributed by atoms with E-state index in [0.717, 1.165) is 19.3 Å².